The van der Waals surface area contributed by atoms with E-state index in [9.17, 15) is 5.11 Å². The molecule has 1 heterocycles. The second kappa shape index (κ2) is 5.09. The Morgan fingerprint density at radius 2 is 2.00 bits per heavy atom. The highest BCUT2D eigenvalue weighted by atomic mass is 16.3. The standard InChI is InChI=1S/C14H22N4O/c1-14(11-4-6-12(19)7-5-11)10-16-13(15)18(14)9-8-17(2)3/h4-7,19H,8-10H2,1-3H3,(H2,15,16). The van der Waals surface area contributed by atoms with Crippen molar-refractivity contribution in [1.82, 2.24) is 9.80 Å². The molecule has 19 heavy (non-hydrogen) atoms. The molecule has 5 heteroatoms. The van der Waals surface area contributed by atoms with Gasteiger partial charge in [-0.1, -0.05) is 12.1 Å². The minimum Gasteiger partial charge on any atom is -0.508 e. The van der Waals surface area contributed by atoms with Gasteiger partial charge in [0.25, 0.3) is 0 Å². The molecule has 0 saturated carbocycles. The summed E-state index contributed by atoms with van der Waals surface area (Å²) in [5.41, 5.74) is 6.91. The van der Waals surface area contributed by atoms with Gasteiger partial charge in [-0.3, -0.25) is 4.99 Å². The molecule has 0 amide bonds. The largest absolute Gasteiger partial charge is 0.508 e. The van der Waals surface area contributed by atoms with E-state index in [0.29, 0.717) is 12.5 Å². The molecule has 1 unspecified atom stereocenters. The van der Waals surface area contributed by atoms with Crippen LogP contribution < -0.4 is 5.73 Å². The Labute approximate surface area is 114 Å². The normalized spacial score (nSPS) is 22.9. The number of phenols is 1. The van der Waals surface area contributed by atoms with Crippen LogP contribution in [0, 0.1) is 0 Å². The topological polar surface area (TPSA) is 65.1 Å². The number of nitrogens with two attached hydrogens (primary N) is 1. The fourth-order valence-corrected chi connectivity index (χ4v) is 2.39. The first-order chi connectivity index (χ1) is 8.93. The number of hydrogen-bond acceptors (Lipinski definition) is 5. The summed E-state index contributed by atoms with van der Waals surface area (Å²) < 4.78 is 0. The van der Waals surface area contributed by atoms with E-state index in [-0.39, 0.29) is 11.3 Å². The number of aromatic hydroxyl groups is 1. The average molecular weight is 262 g/mol. The summed E-state index contributed by atoms with van der Waals surface area (Å²) in [7, 11) is 4.09. The average Bonchev–Trinajstić information content (AvgIpc) is 2.65. The molecule has 3 N–H and O–H groups in total. The minimum atomic E-state index is -0.228. The first-order valence-corrected chi connectivity index (χ1v) is 6.45. The Balaban J connectivity index is 2.23. The van der Waals surface area contributed by atoms with Gasteiger partial charge >= 0.3 is 0 Å². The van der Waals surface area contributed by atoms with Crippen LogP contribution in [0.1, 0.15) is 12.5 Å². The van der Waals surface area contributed by atoms with Gasteiger partial charge in [-0.2, -0.15) is 0 Å². The molecule has 2 rings (SSSR count). The van der Waals surface area contributed by atoms with Crippen molar-refractivity contribution in [2.24, 2.45) is 10.7 Å². The van der Waals surface area contributed by atoms with Crippen molar-refractivity contribution in [2.75, 3.05) is 33.7 Å². The van der Waals surface area contributed by atoms with Crippen molar-refractivity contribution in [2.45, 2.75) is 12.5 Å². The molecular weight excluding hydrogens is 240 g/mol. The van der Waals surface area contributed by atoms with Crippen molar-refractivity contribution >= 4 is 5.96 Å². The Bertz CT molecular complexity index is 469. The van der Waals surface area contributed by atoms with Gasteiger partial charge in [0.05, 0.1) is 12.1 Å². The summed E-state index contributed by atoms with van der Waals surface area (Å²) in [4.78, 5) is 8.65. The number of guanidine groups is 1. The molecule has 1 aliphatic rings. The van der Waals surface area contributed by atoms with Crippen LogP contribution in [0.3, 0.4) is 0 Å². The number of rotatable bonds is 4. The number of likely N-dealkylation sites (N-methyl/N-ethyl adjacent to an activating group) is 1. The molecule has 0 aromatic heterocycles. The summed E-state index contributed by atoms with van der Waals surface area (Å²) in [5.74, 6) is 0.872. The van der Waals surface area contributed by atoms with Crippen LogP contribution >= 0.6 is 0 Å². The lowest BCUT2D eigenvalue weighted by atomic mass is 9.91. The van der Waals surface area contributed by atoms with E-state index in [1.165, 1.54) is 0 Å². The SMILES string of the molecule is CN(C)CCN1C(N)=NCC1(C)c1ccc(O)cc1. The van der Waals surface area contributed by atoms with Crippen molar-refractivity contribution in [3.63, 3.8) is 0 Å². The van der Waals surface area contributed by atoms with E-state index >= 15 is 0 Å². The molecular formula is C14H22N4O. The van der Waals surface area contributed by atoms with E-state index in [0.717, 1.165) is 18.7 Å². The number of aliphatic imine (C=N–C) groups is 1. The fourth-order valence-electron chi connectivity index (χ4n) is 2.39. The van der Waals surface area contributed by atoms with Crippen LogP contribution in [0.15, 0.2) is 29.3 Å². The predicted molar refractivity (Wildman–Crippen MR) is 77.2 cm³/mol. The number of benzene rings is 1. The molecule has 1 aliphatic heterocycles. The molecule has 1 aromatic rings. The summed E-state index contributed by atoms with van der Waals surface area (Å²) >= 11 is 0. The van der Waals surface area contributed by atoms with Crippen molar-refractivity contribution in [3.05, 3.63) is 29.8 Å². The van der Waals surface area contributed by atoms with E-state index in [1.807, 2.05) is 26.2 Å². The second-order valence-corrected chi connectivity index (χ2v) is 5.45. The lowest BCUT2D eigenvalue weighted by molar-refractivity contribution is 0.205. The Morgan fingerprint density at radius 3 is 2.58 bits per heavy atom. The molecule has 1 atom stereocenters. The van der Waals surface area contributed by atoms with E-state index in [4.69, 9.17) is 5.73 Å². The first kappa shape index (κ1) is 13.7. The zero-order chi connectivity index (χ0) is 14.0. The number of hydrogen-bond donors (Lipinski definition) is 2. The van der Waals surface area contributed by atoms with Gasteiger partial charge in [0, 0.05) is 13.1 Å². The zero-order valence-electron chi connectivity index (χ0n) is 11.8. The highest BCUT2D eigenvalue weighted by Gasteiger charge is 2.39. The molecule has 0 saturated heterocycles. The smallest absolute Gasteiger partial charge is 0.192 e. The van der Waals surface area contributed by atoms with Gasteiger partial charge in [0.1, 0.15) is 5.75 Å². The molecule has 0 spiro atoms. The van der Waals surface area contributed by atoms with Crippen LogP contribution in [-0.4, -0.2) is 54.6 Å². The molecule has 1 aromatic carbocycles. The van der Waals surface area contributed by atoms with Gasteiger partial charge in [-0.05, 0) is 38.7 Å². The molecule has 0 fully saturated rings. The second-order valence-electron chi connectivity index (χ2n) is 5.45. The summed E-state index contributed by atoms with van der Waals surface area (Å²) in [6.07, 6.45) is 0. The van der Waals surface area contributed by atoms with Crippen LogP contribution in [0.4, 0.5) is 0 Å². The van der Waals surface area contributed by atoms with E-state index < -0.39 is 0 Å². The van der Waals surface area contributed by atoms with Crippen LogP contribution in [0.5, 0.6) is 5.75 Å². The summed E-state index contributed by atoms with van der Waals surface area (Å²) in [6, 6.07) is 7.29. The predicted octanol–water partition coefficient (Wildman–Crippen LogP) is 0.799. The monoisotopic (exact) mass is 262 g/mol. The highest BCUT2D eigenvalue weighted by Crippen LogP contribution is 2.33. The van der Waals surface area contributed by atoms with Gasteiger partial charge in [-0.15, -0.1) is 0 Å². The maximum absolute atomic E-state index is 9.40. The first-order valence-electron chi connectivity index (χ1n) is 6.45. The Kier molecular flexibility index (Phi) is 3.66. The molecule has 5 nitrogen and oxygen atoms in total. The summed E-state index contributed by atoms with van der Waals surface area (Å²) in [5, 5.41) is 9.40. The Hall–Kier alpha value is -1.75. The maximum atomic E-state index is 9.40. The minimum absolute atomic E-state index is 0.228. The van der Waals surface area contributed by atoms with Crippen LogP contribution in [-0.2, 0) is 5.54 Å². The van der Waals surface area contributed by atoms with E-state index in [2.05, 4.69) is 21.7 Å². The van der Waals surface area contributed by atoms with Crippen LogP contribution in [0.2, 0.25) is 0 Å². The molecule has 0 radical (unpaired) electrons. The third kappa shape index (κ3) is 2.66. The molecule has 0 aliphatic carbocycles. The van der Waals surface area contributed by atoms with Crippen molar-refractivity contribution < 1.29 is 5.11 Å². The summed E-state index contributed by atoms with van der Waals surface area (Å²) in [6.45, 7) is 4.54. The highest BCUT2D eigenvalue weighted by molar-refractivity contribution is 5.81. The Morgan fingerprint density at radius 1 is 1.37 bits per heavy atom. The van der Waals surface area contributed by atoms with Crippen LogP contribution in [0.25, 0.3) is 0 Å². The van der Waals surface area contributed by atoms with Gasteiger partial charge in [0.2, 0.25) is 0 Å². The lowest BCUT2D eigenvalue weighted by Gasteiger charge is -2.37. The van der Waals surface area contributed by atoms with Crippen molar-refractivity contribution in [1.29, 1.82) is 0 Å². The zero-order valence-corrected chi connectivity index (χ0v) is 11.8. The molecule has 0 bridgehead atoms. The third-order valence-electron chi connectivity index (χ3n) is 3.68. The maximum Gasteiger partial charge on any atom is 0.192 e. The van der Waals surface area contributed by atoms with Gasteiger partial charge < -0.3 is 20.6 Å². The fraction of sp³-hybridized carbons (Fsp3) is 0.500. The number of nitrogens with zero attached hydrogens (tertiary/aromatic N) is 3. The quantitative estimate of drug-likeness (QED) is 0.842. The lowest BCUT2D eigenvalue weighted by Crippen LogP contribution is -2.49. The third-order valence-corrected chi connectivity index (χ3v) is 3.68. The van der Waals surface area contributed by atoms with Gasteiger partial charge in [0.15, 0.2) is 5.96 Å². The van der Waals surface area contributed by atoms with Crippen molar-refractivity contribution in [3.8, 4) is 5.75 Å². The molecule has 104 valence electrons. The van der Waals surface area contributed by atoms with Gasteiger partial charge in [-0.25, -0.2) is 0 Å². The van der Waals surface area contributed by atoms with E-state index in [1.54, 1.807) is 12.1 Å². The number of phenolic OH excluding ortho intramolecular Hbond substituents is 1.